The molecule has 1 rings (SSSR count). The average Bonchev–Trinajstić information content (AvgIpc) is 2.29. The van der Waals surface area contributed by atoms with E-state index in [2.05, 4.69) is 0 Å². The molecule has 0 unspecified atom stereocenters. The second kappa shape index (κ2) is 6.47. The van der Waals surface area contributed by atoms with Crippen LogP contribution in [0.25, 0.3) is 0 Å². The first-order valence-corrected chi connectivity index (χ1v) is 5.71. The summed E-state index contributed by atoms with van der Waals surface area (Å²) in [6.07, 6.45) is 0.138. The van der Waals surface area contributed by atoms with E-state index in [1.54, 1.807) is 25.1 Å². The van der Waals surface area contributed by atoms with E-state index in [0.29, 0.717) is 17.4 Å². The Bertz CT molecular complexity index is 395. The first-order valence-electron chi connectivity index (χ1n) is 5.33. The van der Waals surface area contributed by atoms with Gasteiger partial charge in [0.05, 0.1) is 25.2 Å². The van der Waals surface area contributed by atoms with Gasteiger partial charge in [-0.25, -0.2) is 0 Å². The van der Waals surface area contributed by atoms with Crippen molar-refractivity contribution >= 4 is 17.6 Å². The highest BCUT2D eigenvalue weighted by atomic mass is 35.5. The van der Waals surface area contributed by atoms with Crippen molar-refractivity contribution in [2.75, 3.05) is 13.7 Å². The largest absolute Gasteiger partial charge is 0.495 e. The minimum absolute atomic E-state index is 0.138. The molecule has 0 aliphatic heterocycles. The second-order valence-electron chi connectivity index (χ2n) is 3.51. The fourth-order valence-electron chi connectivity index (χ4n) is 1.42. The van der Waals surface area contributed by atoms with Crippen LogP contribution in [0.3, 0.4) is 0 Å². The van der Waals surface area contributed by atoms with Crippen molar-refractivity contribution in [3.63, 3.8) is 0 Å². The lowest BCUT2D eigenvalue weighted by molar-refractivity contribution is -0.143. The van der Waals surface area contributed by atoms with E-state index in [4.69, 9.17) is 26.8 Å². The summed E-state index contributed by atoms with van der Waals surface area (Å²) < 4.78 is 9.92. The first kappa shape index (κ1) is 13.8. The second-order valence-corrected chi connectivity index (χ2v) is 3.92. The zero-order valence-electron chi connectivity index (χ0n) is 9.90. The SMILES string of the molecule is CCOC(=O)C[C@H](N)c1ccc(Cl)c(OC)c1. The van der Waals surface area contributed by atoms with Gasteiger partial charge < -0.3 is 15.2 Å². The van der Waals surface area contributed by atoms with E-state index in [1.165, 1.54) is 7.11 Å². The fraction of sp³-hybridized carbons (Fsp3) is 0.417. The fourth-order valence-corrected chi connectivity index (χ4v) is 1.62. The normalized spacial score (nSPS) is 12.0. The van der Waals surface area contributed by atoms with Crippen LogP contribution in [0.4, 0.5) is 0 Å². The number of methoxy groups -OCH3 is 1. The summed E-state index contributed by atoms with van der Waals surface area (Å²) in [4.78, 5) is 11.3. The van der Waals surface area contributed by atoms with Crippen LogP contribution >= 0.6 is 11.6 Å². The molecular weight excluding hydrogens is 242 g/mol. The summed E-state index contributed by atoms with van der Waals surface area (Å²) in [5.41, 5.74) is 6.69. The number of carbonyl (C=O) groups is 1. The van der Waals surface area contributed by atoms with Gasteiger partial charge in [-0.2, -0.15) is 0 Å². The van der Waals surface area contributed by atoms with Gasteiger partial charge in [-0.05, 0) is 24.6 Å². The van der Waals surface area contributed by atoms with E-state index in [9.17, 15) is 4.79 Å². The average molecular weight is 258 g/mol. The highest BCUT2D eigenvalue weighted by molar-refractivity contribution is 6.32. The van der Waals surface area contributed by atoms with Gasteiger partial charge in [-0.15, -0.1) is 0 Å². The molecule has 4 nitrogen and oxygen atoms in total. The summed E-state index contributed by atoms with van der Waals surface area (Å²) in [5, 5.41) is 0.514. The van der Waals surface area contributed by atoms with Gasteiger partial charge >= 0.3 is 5.97 Å². The lowest BCUT2D eigenvalue weighted by Gasteiger charge is -2.13. The smallest absolute Gasteiger partial charge is 0.307 e. The molecule has 0 radical (unpaired) electrons. The molecule has 0 aromatic heterocycles. The Morgan fingerprint density at radius 3 is 2.82 bits per heavy atom. The van der Waals surface area contributed by atoms with Gasteiger partial charge in [-0.1, -0.05) is 17.7 Å². The van der Waals surface area contributed by atoms with Crippen LogP contribution in [-0.2, 0) is 9.53 Å². The Morgan fingerprint density at radius 2 is 2.24 bits per heavy atom. The Morgan fingerprint density at radius 1 is 1.53 bits per heavy atom. The lowest BCUT2D eigenvalue weighted by atomic mass is 10.0. The molecule has 2 N–H and O–H groups in total. The van der Waals surface area contributed by atoms with Crippen molar-refractivity contribution in [3.05, 3.63) is 28.8 Å². The summed E-state index contributed by atoms with van der Waals surface area (Å²) in [6.45, 7) is 2.12. The molecule has 0 spiro atoms. The summed E-state index contributed by atoms with van der Waals surface area (Å²) in [7, 11) is 1.53. The Labute approximate surface area is 106 Å². The standard InChI is InChI=1S/C12H16ClNO3/c1-3-17-12(15)7-10(14)8-4-5-9(13)11(6-8)16-2/h4-6,10H,3,7,14H2,1-2H3/t10-/m0/s1. The van der Waals surface area contributed by atoms with Crippen LogP contribution in [0.1, 0.15) is 24.9 Å². The van der Waals surface area contributed by atoms with Crippen LogP contribution in [0.5, 0.6) is 5.75 Å². The molecule has 0 fully saturated rings. The maximum absolute atomic E-state index is 11.3. The number of benzene rings is 1. The van der Waals surface area contributed by atoms with Crippen LogP contribution < -0.4 is 10.5 Å². The number of nitrogens with two attached hydrogens (primary N) is 1. The van der Waals surface area contributed by atoms with E-state index in [1.807, 2.05) is 0 Å². The maximum Gasteiger partial charge on any atom is 0.307 e. The molecule has 0 aliphatic rings. The summed E-state index contributed by atoms with van der Waals surface area (Å²) in [6, 6.07) is 4.78. The third-order valence-corrected chi connectivity index (χ3v) is 2.61. The molecule has 0 saturated heterocycles. The van der Waals surface area contributed by atoms with E-state index >= 15 is 0 Å². The van der Waals surface area contributed by atoms with Gasteiger partial charge in [0.2, 0.25) is 0 Å². The molecule has 0 amide bonds. The molecule has 1 aromatic rings. The third kappa shape index (κ3) is 3.91. The topological polar surface area (TPSA) is 61.5 Å². The molecule has 0 bridgehead atoms. The van der Waals surface area contributed by atoms with Gasteiger partial charge in [0.15, 0.2) is 0 Å². The van der Waals surface area contributed by atoms with Gasteiger partial charge in [0.25, 0.3) is 0 Å². The quantitative estimate of drug-likeness (QED) is 0.823. The van der Waals surface area contributed by atoms with Crippen molar-refractivity contribution in [1.29, 1.82) is 0 Å². The molecule has 94 valence electrons. The van der Waals surface area contributed by atoms with Crippen LogP contribution in [0.2, 0.25) is 5.02 Å². The van der Waals surface area contributed by atoms with E-state index in [0.717, 1.165) is 5.56 Å². The zero-order chi connectivity index (χ0) is 12.8. The Hall–Kier alpha value is -1.26. The molecule has 5 heteroatoms. The highest BCUT2D eigenvalue weighted by Crippen LogP contribution is 2.28. The molecule has 1 aromatic carbocycles. The van der Waals surface area contributed by atoms with Crippen LogP contribution in [0, 0.1) is 0 Å². The highest BCUT2D eigenvalue weighted by Gasteiger charge is 2.14. The molecule has 17 heavy (non-hydrogen) atoms. The van der Waals surface area contributed by atoms with Gasteiger partial charge in [0.1, 0.15) is 5.75 Å². The number of ether oxygens (including phenoxy) is 2. The molecule has 1 atom stereocenters. The number of esters is 1. The van der Waals surface area contributed by atoms with Crippen molar-refractivity contribution < 1.29 is 14.3 Å². The number of halogens is 1. The van der Waals surface area contributed by atoms with Gasteiger partial charge in [0, 0.05) is 6.04 Å². The van der Waals surface area contributed by atoms with Crippen molar-refractivity contribution in [1.82, 2.24) is 0 Å². The van der Waals surface area contributed by atoms with Crippen LogP contribution in [0.15, 0.2) is 18.2 Å². The van der Waals surface area contributed by atoms with Crippen molar-refractivity contribution in [2.24, 2.45) is 5.73 Å². The Balaban J connectivity index is 2.75. The number of hydrogen-bond acceptors (Lipinski definition) is 4. The van der Waals surface area contributed by atoms with Crippen molar-refractivity contribution in [2.45, 2.75) is 19.4 Å². The van der Waals surface area contributed by atoms with E-state index < -0.39 is 6.04 Å². The molecule has 0 heterocycles. The minimum atomic E-state index is -0.416. The monoisotopic (exact) mass is 257 g/mol. The molecule has 0 saturated carbocycles. The lowest BCUT2D eigenvalue weighted by Crippen LogP contribution is -2.17. The minimum Gasteiger partial charge on any atom is -0.495 e. The van der Waals surface area contributed by atoms with Gasteiger partial charge in [-0.3, -0.25) is 4.79 Å². The molecular formula is C12H16ClNO3. The number of carbonyl (C=O) groups excluding carboxylic acids is 1. The predicted molar refractivity (Wildman–Crippen MR) is 66.2 cm³/mol. The zero-order valence-corrected chi connectivity index (χ0v) is 10.7. The maximum atomic E-state index is 11.3. The first-order chi connectivity index (χ1) is 8.08. The number of hydrogen-bond donors (Lipinski definition) is 1. The van der Waals surface area contributed by atoms with Crippen LogP contribution in [-0.4, -0.2) is 19.7 Å². The molecule has 0 aliphatic carbocycles. The summed E-state index contributed by atoms with van der Waals surface area (Å²) in [5.74, 6) is 0.234. The predicted octanol–water partition coefficient (Wildman–Crippen LogP) is 2.30. The summed E-state index contributed by atoms with van der Waals surface area (Å²) >= 11 is 5.90. The Kier molecular flexibility index (Phi) is 5.25. The number of rotatable bonds is 5. The van der Waals surface area contributed by atoms with Crippen molar-refractivity contribution in [3.8, 4) is 5.75 Å². The van der Waals surface area contributed by atoms with E-state index in [-0.39, 0.29) is 12.4 Å². The third-order valence-electron chi connectivity index (χ3n) is 2.30.